The van der Waals surface area contributed by atoms with Crippen LogP contribution in [-0.4, -0.2) is 35.6 Å². The van der Waals surface area contributed by atoms with Crippen molar-refractivity contribution in [1.82, 2.24) is 9.47 Å². The molecule has 0 N–H and O–H groups in total. The molecule has 208 valence electrons. The highest BCUT2D eigenvalue weighted by Gasteiger charge is 2.43. The first-order valence-corrected chi connectivity index (χ1v) is 14.8. The van der Waals surface area contributed by atoms with Crippen molar-refractivity contribution < 1.29 is 9.53 Å². The number of methoxy groups -OCH3 is 1. The number of para-hydroxylation sites is 1. The zero-order chi connectivity index (χ0) is 28.1. The van der Waals surface area contributed by atoms with Crippen molar-refractivity contribution in [2.45, 2.75) is 37.8 Å². The Bertz CT molecular complexity index is 1480. The third-order valence-corrected chi connectivity index (χ3v) is 8.77. The number of carbonyl (C=O) groups excluding carboxylic acids is 1. The first-order valence-electron chi connectivity index (χ1n) is 14.8. The van der Waals surface area contributed by atoms with Gasteiger partial charge in [-0.1, -0.05) is 109 Å². The monoisotopic (exact) mass is 542 g/mol. The van der Waals surface area contributed by atoms with Gasteiger partial charge in [0.2, 0.25) is 0 Å². The van der Waals surface area contributed by atoms with Crippen LogP contribution in [0.15, 0.2) is 121 Å². The summed E-state index contributed by atoms with van der Waals surface area (Å²) in [7, 11) is 1.46. The van der Waals surface area contributed by atoms with Gasteiger partial charge in [0.1, 0.15) is 5.69 Å². The lowest BCUT2D eigenvalue weighted by molar-refractivity contribution is 0.0588. The maximum atomic E-state index is 12.6. The molecule has 1 aliphatic heterocycles. The molecule has 0 saturated carbocycles. The van der Waals surface area contributed by atoms with E-state index in [0.29, 0.717) is 11.6 Å². The van der Waals surface area contributed by atoms with E-state index < -0.39 is 0 Å². The van der Waals surface area contributed by atoms with Gasteiger partial charge in [-0.15, -0.1) is 0 Å². The average Bonchev–Trinajstić information content (AvgIpc) is 3.41. The fourth-order valence-corrected chi connectivity index (χ4v) is 6.95. The van der Waals surface area contributed by atoms with Crippen LogP contribution in [0, 0.1) is 5.92 Å². The number of esters is 1. The van der Waals surface area contributed by atoms with Gasteiger partial charge in [-0.05, 0) is 67.0 Å². The zero-order valence-corrected chi connectivity index (χ0v) is 23.8. The molecule has 5 aromatic rings. The van der Waals surface area contributed by atoms with Gasteiger partial charge in [-0.2, -0.15) is 0 Å². The van der Waals surface area contributed by atoms with E-state index in [1.165, 1.54) is 36.6 Å². The van der Waals surface area contributed by atoms with E-state index >= 15 is 0 Å². The Morgan fingerprint density at radius 3 is 1.95 bits per heavy atom. The molecular weight excluding hydrogens is 504 g/mol. The number of aromatic nitrogens is 1. The molecule has 0 bridgehead atoms. The summed E-state index contributed by atoms with van der Waals surface area (Å²) in [5.41, 5.74) is 5.28. The fraction of sp³-hybridized carbons (Fsp3) is 0.270. The molecule has 4 aromatic carbocycles. The van der Waals surface area contributed by atoms with Crippen molar-refractivity contribution in [3.8, 4) is 0 Å². The van der Waals surface area contributed by atoms with Crippen LogP contribution < -0.4 is 0 Å². The lowest BCUT2D eigenvalue weighted by Crippen LogP contribution is -2.52. The Morgan fingerprint density at radius 2 is 1.37 bits per heavy atom. The van der Waals surface area contributed by atoms with E-state index in [0.717, 1.165) is 43.4 Å². The lowest BCUT2D eigenvalue weighted by atomic mass is 9.74. The van der Waals surface area contributed by atoms with Gasteiger partial charge in [0.15, 0.2) is 0 Å². The highest BCUT2D eigenvalue weighted by molar-refractivity contribution is 5.95. The number of piperidine rings is 1. The molecule has 0 spiro atoms. The number of aryl methyl sites for hydroxylation is 1. The fourth-order valence-electron chi connectivity index (χ4n) is 6.95. The first-order chi connectivity index (χ1) is 20.2. The molecule has 0 radical (unpaired) electrons. The summed E-state index contributed by atoms with van der Waals surface area (Å²) in [5, 5.41) is 1.08. The molecule has 1 saturated heterocycles. The summed E-state index contributed by atoms with van der Waals surface area (Å²) < 4.78 is 7.26. The SMILES string of the molecule is COC(=O)c1cc2ccccc2n1CCCC1CCCN(C(c2ccccc2)(c2ccccc2)c2ccccc2)C1. The summed E-state index contributed by atoms with van der Waals surface area (Å²) in [4.78, 5) is 15.3. The Labute approximate surface area is 243 Å². The van der Waals surface area contributed by atoms with Crippen LogP contribution in [0.25, 0.3) is 10.9 Å². The summed E-state index contributed by atoms with van der Waals surface area (Å²) in [6, 6.07) is 43.2. The van der Waals surface area contributed by atoms with Gasteiger partial charge in [-0.25, -0.2) is 4.79 Å². The van der Waals surface area contributed by atoms with Crippen molar-refractivity contribution in [2.75, 3.05) is 20.2 Å². The summed E-state index contributed by atoms with van der Waals surface area (Å²) in [6.45, 7) is 2.87. The Hall–Kier alpha value is -4.15. The van der Waals surface area contributed by atoms with Crippen molar-refractivity contribution in [3.63, 3.8) is 0 Å². The minimum Gasteiger partial charge on any atom is -0.464 e. The van der Waals surface area contributed by atoms with Gasteiger partial charge < -0.3 is 9.30 Å². The van der Waals surface area contributed by atoms with Crippen LogP contribution in [0.5, 0.6) is 0 Å². The summed E-state index contributed by atoms with van der Waals surface area (Å²) >= 11 is 0. The maximum absolute atomic E-state index is 12.6. The molecule has 4 heteroatoms. The van der Waals surface area contributed by atoms with E-state index in [4.69, 9.17) is 4.74 Å². The predicted molar refractivity (Wildman–Crippen MR) is 166 cm³/mol. The van der Waals surface area contributed by atoms with Crippen LogP contribution in [-0.2, 0) is 16.8 Å². The largest absolute Gasteiger partial charge is 0.464 e. The molecular formula is C37H38N2O2. The van der Waals surface area contributed by atoms with E-state index in [1.54, 1.807) is 0 Å². The molecule has 1 unspecified atom stereocenters. The van der Waals surface area contributed by atoms with E-state index in [9.17, 15) is 4.79 Å². The molecule has 1 atom stereocenters. The topological polar surface area (TPSA) is 34.5 Å². The number of nitrogens with zero attached hydrogens (tertiary/aromatic N) is 2. The molecule has 1 aromatic heterocycles. The number of likely N-dealkylation sites (tertiary alicyclic amines) is 1. The summed E-state index contributed by atoms with van der Waals surface area (Å²) in [5.74, 6) is 0.297. The van der Waals surface area contributed by atoms with Gasteiger partial charge in [-0.3, -0.25) is 4.90 Å². The third kappa shape index (κ3) is 5.20. The first kappa shape index (κ1) is 27.0. The van der Waals surface area contributed by atoms with E-state index in [2.05, 4.69) is 113 Å². The van der Waals surface area contributed by atoms with Crippen LogP contribution in [0.1, 0.15) is 52.9 Å². The van der Waals surface area contributed by atoms with Crippen LogP contribution in [0.3, 0.4) is 0 Å². The second kappa shape index (κ2) is 12.2. The van der Waals surface area contributed by atoms with Gasteiger partial charge in [0.25, 0.3) is 0 Å². The van der Waals surface area contributed by atoms with Gasteiger partial charge >= 0.3 is 5.97 Å². The summed E-state index contributed by atoms with van der Waals surface area (Å²) in [6.07, 6.45) is 4.51. The lowest BCUT2D eigenvalue weighted by Gasteiger charge is -2.49. The van der Waals surface area contributed by atoms with Crippen molar-refractivity contribution in [2.24, 2.45) is 5.92 Å². The molecule has 0 aliphatic carbocycles. The number of rotatable bonds is 9. The molecule has 0 amide bonds. The third-order valence-electron chi connectivity index (χ3n) is 8.77. The predicted octanol–water partition coefficient (Wildman–Crippen LogP) is 7.91. The molecule has 41 heavy (non-hydrogen) atoms. The quantitative estimate of drug-likeness (QED) is 0.140. The van der Waals surface area contributed by atoms with Gasteiger partial charge in [0, 0.05) is 24.0 Å². The molecule has 4 nitrogen and oxygen atoms in total. The van der Waals surface area contributed by atoms with Crippen LogP contribution in [0.4, 0.5) is 0 Å². The molecule has 1 aliphatic rings. The van der Waals surface area contributed by atoms with Crippen LogP contribution in [0.2, 0.25) is 0 Å². The second-order valence-corrected chi connectivity index (χ2v) is 11.1. The smallest absolute Gasteiger partial charge is 0.354 e. The Balaban J connectivity index is 1.30. The zero-order valence-electron chi connectivity index (χ0n) is 23.8. The van der Waals surface area contributed by atoms with Crippen molar-refractivity contribution in [3.05, 3.63) is 144 Å². The Morgan fingerprint density at radius 1 is 0.805 bits per heavy atom. The number of fused-ring (bicyclic) bond motifs is 1. The highest BCUT2D eigenvalue weighted by Crippen LogP contribution is 2.44. The van der Waals surface area contributed by atoms with E-state index in [-0.39, 0.29) is 11.5 Å². The second-order valence-electron chi connectivity index (χ2n) is 11.1. The maximum Gasteiger partial charge on any atom is 0.354 e. The van der Waals surface area contributed by atoms with Crippen molar-refractivity contribution >= 4 is 16.9 Å². The van der Waals surface area contributed by atoms with Gasteiger partial charge in [0.05, 0.1) is 12.6 Å². The number of benzene rings is 4. The standard InChI is InChI=1S/C37H38N2O2/c1-41-36(40)35-27-30-17-11-12-24-34(30)39(35)26-14-16-29-15-13-25-38(28-29)37(31-18-5-2-6-19-31,32-20-7-3-8-21-32)33-22-9-4-10-23-33/h2-12,17-24,27,29H,13-16,25-26,28H2,1H3. The van der Waals surface area contributed by atoms with Crippen LogP contribution >= 0.6 is 0 Å². The highest BCUT2D eigenvalue weighted by atomic mass is 16.5. The molecule has 2 heterocycles. The van der Waals surface area contributed by atoms with E-state index in [1.807, 2.05) is 18.2 Å². The average molecular weight is 543 g/mol. The molecule has 6 rings (SSSR count). The minimum absolute atomic E-state index is 0.275. The number of hydrogen-bond acceptors (Lipinski definition) is 3. The number of carbonyl (C=O) groups is 1. The number of ether oxygens (including phenoxy) is 1. The number of hydrogen-bond donors (Lipinski definition) is 0. The molecule has 1 fully saturated rings. The Kier molecular flexibility index (Phi) is 8.02. The minimum atomic E-state index is -0.364. The van der Waals surface area contributed by atoms with Crippen molar-refractivity contribution in [1.29, 1.82) is 0 Å². The normalized spacial score (nSPS) is 16.1.